The summed E-state index contributed by atoms with van der Waals surface area (Å²) in [6.07, 6.45) is 4.82. The molecule has 0 unspecified atom stereocenters. The third-order valence-corrected chi connectivity index (χ3v) is 2.86. The Bertz CT molecular complexity index is 263. The smallest absolute Gasteiger partial charge is 0.0788 e. The molecular formula is C8H11IN2. The predicted molar refractivity (Wildman–Crippen MR) is 52.6 cm³/mol. The van der Waals surface area contributed by atoms with Gasteiger partial charge in [-0.25, -0.2) is 0 Å². The van der Waals surface area contributed by atoms with Crippen LogP contribution in [0.4, 0.5) is 0 Å². The van der Waals surface area contributed by atoms with Crippen LogP contribution in [-0.2, 0) is 6.54 Å². The fourth-order valence-electron chi connectivity index (χ4n) is 1.21. The van der Waals surface area contributed by atoms with E-state index in [1.165, 1.54) is 22.1 Å². The Kier molecular flexibility index (Phi) is 1.91. The van der Waals surface area contributed by atoms with Crippen molar-refractivity contribution in [2.45, 2.75) is 32.2 Å². The first-order valence-electron chi connectivity index (χ1n) is 4.04. The third-order valence-electron chi connectivity index (χ3n) is 2.03. The van der Waals surface area contributed by atoms with Crippen molar-refractivity contribution in [3.05, 3.63) is 15.5 Å². The van der Waals surface area contributed by atoms with Crippen molar-refractivity contribution < 1.29 is 0 Å². The van der Waals surface area contributed by atoms with Crippen LogP contribution in [0.2, 0.25) is 0 Å². The van der Waals surface area contributed by atoms with E-state index in [4.69, 9.17) is 0 Å². The molecule has 1 heterocycles. The minimum absolute atomic E-state index is 0.787. The summed E-state index contributed by atoms with van der Waals surface area (Å²) < 4.78 is 3.36. The summed E-state index contributed by atoms with van der Waals surface area (Å²) in [5, 5.41) is 4.50. The molecule has 0 amide bonds. The summed E-state index contributed by atoms with van der Waals surface area (Å²) in [7, 11) is 0. The van der Waals surface area contributed by atoms with E-state index in [0.29, 0.717) is 0 Å². The van der Waals surface area contributed by atoms with Crippen LogP contribution in [0.1, 0.15) is 31.4 Å². The number of aryl methyl sites for hydroxylation is 1. The second-order valence-corrected chi connectivity index (χ2v) is 4.15. The lowest BCUT2D eigenvalue weighted by molar-refractivity contribution is 0.647. The zero-order valence-electron chi connectivity index (χ0n) is 6.55. The maximum atomic E-state index is 4.50. The molecule has 1 aliphatic carbocycles. The van der Waals surface area contributed by atoms with Gasteiger partial charge >= 0.3 is 0 Å². The molecule has 0 atom stereocenters. The lowest BCUT2D eigenvalue weighted by atomic mass is 10.3. The summed E-state index contributed by atoms with van der Waals surface area (Å²) in [4.78, 5) is 0. The summed E-state index contributed by atoms with van der Waals surface area (Å²) >= 11 is 2.38. The Morgan fingerprint density at radius 3 is 2.91 bits per heavy atom. The van der Waals surface area contributed by atoms with Gasteiger partial charge in [-0.2, -0.15) is 5.10 Å². The highest BCUT2D eigenvalue weighted by Crippen LogP contribution is 2.40. The topological polar surface area (TPSA) is 17.8 Å². The number of halogens is 1. The highest BCUT2D eigenvalue weighted by Gasteiger charge is 2.28. The molecule has 1 fully saturated rings. The highest BCUT2D eigenvalue weighted by atomic mass is 127. The van der Waals surface area contributed by atoms with Crippen LogP contribution in [0.5, 0.6) is 0 Å². The van der Waals surface area contributed by atoms with Gasteiger partial charge in [-0.3, -0.25) is 4.68 Å². The van der Waals surface area contributed by atoms with E-state index in [1.54, 1.807) is 0 Å². The van der Waals surface area contributed by atoms with Gasteiger partial charge in [0.15, 0.2) is 0 Å². The van der Waals surface area contributed by atoms with Crippen LogP contribution in [-0.4, -0.2) is 9.78 Å². The zero-order chi connectivity index (χ0) is 7.84. The Labute approximate surface area is 80.1 Å². The van der Waals surface area contributed by atoms with E-state index in [-0.39, 0.29) is 0 Å². The molecule has 0 spiro atoms. The molecule has 0 aromatic carbocycles. The number of hydrogen-bond acceptors (Lipinski definition) is 1. The van der Waals surface area contributed by atoms with E-state index in [1.807, 2.05) is 4.68 Å². The quantitative estimate of drug-likeness (QED) is 0.748. The Hall–Kier alpha value is -0.0600. The first-order chi connectivity index (χ1) is 5.31. The SMILES string of the molecule is CCn1cc(I)c(C2CC2)n1. The maximum absolute atomic E-state index is 4.50. The van der Waals surface area contributed by atoms with Gasteiger partial charge < -0.3 is 0 Å². The predicted octanol–water partition coefficient (Wildman–Crippen LogP) is 2.39. The Balaban J connectivity index is 2.30. The van der Waals surface area contributed by atoms with Gasteiger partial charge in [0, 0.05) is 18.7 Å². The monoisotopic (exact) mass is 262 g/mol. The van der Waals surface area contributed by atoms with Gasteiger partial charge in [0.2, 0.25) is 0 Å². The molecule has 1 aliphatic rings. The average molecular weight is 262 g/mol. The van der Waals surface area contributed by atoms with Crippen LogP contribution >= 0.6 is 22.6 Å². The van der Waals surface area contributed by atoms with Crippen molar-refractivity contribution in [2.75, 3.05) is 0 Å². The van der Waals surface area contributed by atoms with Gasteiger partial charge in [-0.15, -0.1) is 0 Å². The number of nitrogens with zero attached hydrogens (tertiary/aromatic N) is 2. The highest BCUT2D eigenvalue weighted by molar-refractivity contribution is 14.1. The normalized spacial score (nSPS) is 17.3. The molecular weight excluding hydrogens is 251 g/mol. The summed E-state index contributed by atoms with van der Waals surface area (Å²) in [6.45, 7) is 3.11. The van der Waals surface area contributed by atoms with Crippen molar-refractivity contribution in [3.8, 4) is 0 Å². The van der Waals surface area contributed by atoms with Crippen molar-refractivity contribution in [3.63, 3.8) is 0 Å². The number of aromatic nitrogens is 2. The van der Waals surface area contributed by atoms with Crippen molar-refractivity contribution in [2.24, 2.45) is 0 Å². The molecule has 3 heteroatoms. The second-order valence-electron chi connectivity index (χ2n) is 2.99. The van der Waals surface area contributed by atoms with Gasteiger partial charge in [0.25, 0.3) is 0 Å². The molecule has 1 aromatic rings. The Morgan fingerprint density at radius 2 is 2.45 bits per heavy atom. The van der Waals surface area contributed by atoms with E-state index in [9.17, 15) is 0 Å². The lowest BCUT2D eigenvalue weighted by Gasteiger charge is -1.91. The van der Waals surface area contributed by atoms with Crippen molar-refractivity contribution >= 4 is 22.6 Å². The molecule has 1 aromatic heterocycles. The number of hydrogen-bond donors (Lipinski definition) is 0. The molecule has 0 saturated heterocycles. The molecule has 11 heavy (non-hydrogen) atoms. The number of rotatable bonds is 2. The molecule has 0 bridgehead atoms. The summed E-state index contributed by atoms with van der Waals surface area (Å²) in [5.41, 5.74) is 1.33. The van der Waals surface area contributed by atoms with Crippen LogP contribution < -0.4 is 0 Å². The maximum Gasteiger partial charge on any atom is 0.0788 e. The average Bonchev–Trinajstić information content (AvgIpc) is 2.76. The first kappa shape index (κ1) is 7.58. The second kappa shape index (κ2) is 2.77. The van der Waals surface area contributed by atoms with Gasteiger partial charge in [-0.05, 0) is 42.4 Å². The molecule has 0 N–H and O–H groups in total. The lowest BCUT2D eigenvalue weighted by Crippen LogP contribution is -1.94. The largest absolute Gasteiger partial charge is 0.272 e. The molecule has 2 rings (SSSR count). The van der Waals surface area contributed by atoms with E-state index in [0.717, 1.165) is 12.5 Å². The minimum Gasteiger partial charge on any atom is -0.272 e. The fourth-order valence-corrected chi connectivity index (χ4v) is 2.08. The van der Waals surface area contributed by atoms with Gasteiger partial charge in [-0.1, -0.05) is 0 Å². The molecule has 0 aliphatic heterocycles. The van der Waals surface area contributed by atoms with Crippen LogP contribution in [0, 0.1) is 3.57 Å². The molecule has 0 radical (unpaired) electrons. The van der Waals surface area contributed by atoms with Crippen molar-refractivity contribution in [1.82, 2.24) is 9.78 Å². The van der Waals surface area contributed by atoms with Gasteiger partial charge in [0.05, 0.1) is 9.26 Å². The molecule has 2 nitrogen and oxygen atoms in total. The van der Waals surface area contributed by atoms with Gasteiger partial charge in [0.1, 0.15) is 0 Å². The van der Waals surface area contributed by atoms with E-state index in [2.05, 4.69) is 40.8 Å². The van der Waals surface area contributed by atoms with Crippen molar-refractivity contribution in [1.29, 1.82) is 0 Å². The van der Waals surface area contributed by atoms with Crippen LogP contribution in [0.15, 0.2) is 6.20 Å². The van der Waals surface area contributed by atoms with Crippen LogP contribution in [0.3, 0.4) is 0 Å². The Morgan fingerprint density at radius 1 is 1.73 bits per heavy atom. The third kappa shape index (κ3) is 1.43. The fraction of sp³-hybridized carbons (Fsp3) is 0.625. The van der Waals surface area contributed by atoms with Crippen LogP contribution in [0.25, 0.3) is 0 Å². The molecule has 60 valence electrons. The standard InChI is InChI=1S/C8H11IN2/c1-2-11-5-7(9)8(10-11)6-3-4-6/h5-6H,2-4H2,1H3. The minimum atomic E-state index is 0.787. The zero-order valence-corrected chi connectivity index (χ0v) is 8.71. The molecule has 1 saturated carbocycles. The first-order valence-corrected chi connectivity index (χ1v) is 5.12. The van der Waals surface area contributed by atoms with E-state index >= 15 is 0 Å². The summed E-state index contributed by atoms with van der Waals surface area (Å²) in [5.74, 6) is 0.787. The summed E-state index contributed by atoms with van der Waals surface area (Å²) in [6, 6.07) is 0. The van der Waals surface area contributed by atoms with E-state index < -0.39 is 0 Å².